The number of alkyl halides is 1. The summed E-state index contributed by atoms with van der Waals surface area (Å²) in [5, 5.41) is 3.94. The van der Waals surface area contributed by atoms with Gasteiger partial charge in [-0.25, -0.2) is 0 Å². The van der Waals surface area contributed by atoms with Gasteiger partial charge in [0.1, 0.15) is 0 Å². The van der Waals surface area contributed by atoms with Crippen LogP contribution in [0.2, 0.25) is 0 Å². The summed E-state index contributed by atoms with van der Waals surface area (Å²) in [5.74, 6) is 0.966. The Labute approximate surface area is 265 Å². The molecule has 4 heterocycles. The van der Waals surface area contributed by atoms with Crippen LogP contribution in [0.5, 0.6) is 0 Å². The van der Waals surface area contributed by atoms with Crippen molar-refractivity contribution in [2.75, 3.05) is 4.43 Å². The second-order valence-corrected chi connectivity index (χ2v) is 14.9. The third kappa shape index (κ3) is 3.43. The van der Waals surface area contributed by atoms with Gasteiger partial charge in [0.15, 0.2) is 0 Å². The van der Waals surface area contributed by atoms with Crippen molar-refractivity contribution in [1.82, 2.24) is 14.4 Å². The molecule has 3 aliphatic rings. The van der Waals surface area contributed by atoms with Gasteiger partial charge in [-0.1, -0.05) is 30.3 Å². The standard InChI is InChI=1S/C40H29IN3/c1-23-25-17-18-41-22-32(23)36-28-12-6-5-11-27(28)20-31-37(36)39-30(19-25)29-13-7-8-14-35(29)44(39)40-38(31)42-33-16-15-26(21-34(33)43-40)24-9-3-2-4-10-24/h2-5,7-11,13-21,23,32H,6,12,22H2,1H3/q-1. The average molecular weight is 679 g/mol. The van der Waals surface area contributed by atoms with Crippen LogP contribution < -0.4 is 21.2 Å². The van der Waals surface area contributed by atoms with E-state index in [1.807, 2.05) is 0 Å². The molecular weight excluding hydrogens is 649 g/mol. The van der Waals surface area contributed by atoms with Gasteiger partial charge in [-0.3, -0.25) is 0 Å². The number of benzene rings is 4. The van der Waals surface area contributed by atoms with Gasteiger partial charge in [0.05, 0.1) is 0 Å². The van der Waals surface area contributed by atoms with Gasteiger partial charge >= 0.3 is 237 Å². The molecule has 2 atom stereocenters. The second-order valence-electron chi connectivity index (χ2n) is 12.4. The first kappa shape index (κ1) is 25.1. The Bertz CT molecular complexity index is 2460. The van der Waals surface area contributed by atoms with Gasteiger partial charge in [0.25, 0.3) is 0 Å². The predicted molar refractivity (Wildman–Crippen MR) is 180 cm³/mol. The van der Waals surface area contributed by atoms with Crippen LogP contribution in [-0.4, -0.2) is 18.8 Å². The molecule has 7 aromatic rings. The van der Waals surface area contributed by atoms with E-state index in [4.69, 9.17) is 9.97 Å². The average Bonchev–Trinajstić information content (AvgIpc) is 3.26. The van der Waals surface area contributed by atoms with Crippen molar-refractivity contribution in [3.05, 3.63) is 123 Å². The number of nitrogens with zero attached hydrogens (tertiary/aromatic N) is 3. The molecule has 4 aromatic carbocycles. The van der Waals surface area contributed by atoms with Crippen molar-refractivity contribution in [3.8, 4) is 11.1 Å². The number of aromatic nitrogens is 3. The molecule has 0 radical (unpaired) electrons. The van der Waals surface area contributed by atoms with Gasteiger partial charge < -0.3 is 0 Å². The summed E-state index contributed by atoms with van der Waals surface area (Å²) in [6.07, 6.45) is 11.9. The van der Waals surface area contributed by atoms with Crippen molar-refractivity contribution in [2.24, 2.45) is 5.92 Å². The Hall–Kier alpha value is -4.29. The van der Waals surface area contributed by atoms with Crippen LogP contribution in [0.1, 0.15) is 41.5 Å². The normalized spacial score (nSPS) is 19.2. The summed E-state index contributed by atoms with van der Waals surface area (Å²) in [5.41, 5.74) is 16.0. The van der Waals surface area contributed by atoms with Gasteiger partial charge in [-0.2, -0.15) is 0 Å². The van der Waals surface area contributed by atoms with E-state index in [-0.39, 0.29) is 21.2 Å². The molecule has 0 fully saturated rings. The topological polar surface area (TPSA) is 30.2 Å². The number of hydrogen-bond donors (Lipinski definition) is 0. The third-order valence-electron chi connectivity index (χ3n) is 10.2. The predicted octanol–water partition coefficient (Wildman–Crippen LogP) is 6.70. The molecule has 212 valence electrons. The quantitative estimate of drug-likeness (QED) is 0.0838. The molecule has 2 bridgehead atoms. The van der Waals surface area contributed by atoms with E-state index >= 15 is 0 Å². The van der Waals surface area contributed by atoms with Crippen molar-refractivity contribution in [3.63, 3.8) is 0 Å². The zero-order valence-electron chi connectivity index (χ0n) is 24.4. The van der Waals surface area contributed by atoms with Crippen LogP contribution >= 0.6 is 0 Å². The maximum atomic E-state index is 5.48. The minimum absolute atomic E-state index is 0.0105. The summed E-state index contributed by atoms with van der Waals surface area (Å²) in [7, 11) is 0. The fraction of sp³-hybridized carbons (Fsp3) is 0.150. The number of allylic oxidation sites excluding steroid dienone is 3. The van der Waals surface area contributed by atoms with Crippen molar-refractivity contribution < 1.29 is 21.2 Å². The number of hydrogen-bond acceptors (Lipinski definition) is 2. The molecule has 1 aliphatic heterocycles. The van der Waals surface area contributed by atoms with E-state index in [0.29, 0.717) is 11.8 Å². The zero-order chi connectivity index (χ0) is 28.9. The minimum atomic E-state index is -0.0105. The summed E-state index contributed by atoms with van der Waals surface area (Å²) in [4.78, 5) is 10.9. The number of rotatable bonds is 1. The van der Waals surface area contributed by atoms with Crippen LogP contribution in [0.15, 0.2) is 101 Å². The van der Waals surface area contributed by atoms with Gasteiger partial charge in [0, 0.05) is 0 Å². The Morgan fingerprint density at radius 2 is 1.73 bits per heavy atom. The summed E-state index contributed by atoms with van der Waals surface area (Å²) >= 11 is -0.0105. The summed E-state index contributed by atoms with van der Waals surface area (Å²) < 4.78 is 6.24. The molecular formula is C40H29IN3-. The van der Waals surface area contributed by atoms with E-state index in [2.05, 4.69) is 119 Å². The fourth-order valence-electron chi connectivity index (χ4n) is 8.01. The first-order valence-corrected chi connectivity index (χ1v) is 18.4. The zero-order valence-corrected chi connectivity index (χ0v) is 26.5. The molecule has 10 rings (SSSR count). The molecule has 3 aromatic heterocycles. The molecule has 4 heteroatoms. The van der Waals surface area contributed by atoms with Crippen LogP contribution in [0, 0.1) is 5.92 Å². The van der Waals surface area contributed by atoms with Crippen LogP contribution in [0.25, 0.3) is 72.7 Å². The fourth-order valence-corrected chi connectivity index (χ4v) is 10.7. The number of para-hydroxylation sites is 1. The van der Waals surface area contributed by atoms with Crippen molar-refractivity contribution >= 4 is 61.5 Å². The first-order valence-electron chi connectivity index (χ1n) is 15.6. The monoisotopic (exact) mass is 678 g/mol. The van der Waals surface area contributed by atoms with Crippen LogP contribution in [0.3, 0.4) is 0 Å². The van der Waals surface area contributed by atoms with E-state index in [1.54, 1.807) is 11.1 Å². The maximum absolute atomic E-state index is 5.48. The van der Waals surface area contributed by atoms with Gasteiger partial charge in [0.2, 0.25) is 0 Å². The molecule has 0 amide bonds. The molecule has 0 saturated heterocycles. The molecule has 2 aliphatic carbocycles. The number of halogens is 1. The van der Waals surface area contributed by atoms with Crippen LogP contribution in [0.4, 0.5) is 0 Å². The Balaban J connectivity index is 1.46. The molecule has 3 nitrogen and oxygen atoms in total. The van der Waals surface area contributed by atoms with Crippen LogP contribution in [-0.2, 0) is 6.42 Å². The second kappa shape index (κ2) is 9.35. The Kier molecular flexibility index (Phi) is 5.33. The molecule has 44 heavy (non-hydrogen) atoms. The van der Waals surface area contributed by atoms with E-state index < -0.39 is 0 Å². The Morgan fingerprint density at radius 1 is 0.841 bits per heavy atom. The first-order chi connectivity index (χ1) is 21.7. The number of fused-ring (bicyclic) bond motifs is 12. The van der Waals surface area contributed by atoms with Crippen molar-refractivity contribution in [2.45, 2.75) is 25.7 Å². The molecule has 0 N–H and O–H groups in total. The van der Waals surface area contributed by atoms with Gasteiger partial charge in [-0.05, 0) is 0 Å². The summed E-state index contributed by atoms with van der Waals surface area (Å²) in [6, 6.07) is 28.5. The molecule has 0 spiro atoms. The SMILES string of the molecule is CC1C2=Cc3c4ccccc4n4c5nc6cc(-c7ccccc7)ccc6nc5c5cc6c(c(c5c34)C1C[I-]C=C2)CCC=C6. The summed E-state index contributed by atoms with van der Waals surface area (Å²) in [6.45, 7) is 2.47. The Morgan fingerprint density at radius 3 is 2.66 bits per heavy atom. The number of pyridine rings is 1. The van der Waals surface area contributed by atoms with Crippen molar-refractivity contribution in [1.29, 1.82) is 0 Å². The molecule has 0 saturated carbocycles. The third-order valence-corrected chi connectivity index (χ3v) is 12.5. The van der Waals surface area contributed by atoms with E-state index in [9.17, 15) is 0 Å². The van der Waals surface area contributed by atoms with E-state index in [0.717, 1.165) is 40.6 Å². The van der Waals surface area contributed by atoms with E-state index in [1.165, 1.54) is 53.9 Å². The van der Waals surface area contributed by atoms with Gasteiger partial charge in [-0.15, -0.1) is 0 Å². The molecule has 2 unspecified atom stereocenters.